The highest BCUT2D eigenvalue weighted by atomic mass is 79.9. The minimum absolute atomic E-state index is 0.000150. The maximum atomic E-state index is 15.8. The summed E-state index contributed by atoms with van der Waals surface area (Å²) in [4.78, 5) is 27.5. The summed E-state index contributed by atoms with van der Waals surface area (Å²) in [5.74, 6) is -5.89. The minimum Gasteiger partial charge on any atom is -0.433 e. The molecule has 1 aliphatic rings. The van der Waals surface area contributed by atoms with Gasteiger partial charge in [-0.25, -0.2) is 17.6 Å². The van der Waals surface area contributed by atoms with E-state index >= 15 is 4.39 Å². The molecule has 0 unspecified atom stereocenters. The van der Waals surface area contributed by atoms with Crippen molar-refractivity contribution < 1.29 is 40.7 Å². The Hall–Kier alpha value is -3.54. The van der Waals surface area contributed by atoms with Crippen LogP contribution in [0.15, 0.2) is 53.0 Å². The van der Waals surface area contributed by atoms with Crippen LogP contribution in [0, 0.1) is 23.4 Å². The number of halogens is 7. The summed E-state index contributed by atoms with van der Waals surface area (Å²) in [6, 6.07) is 8.50. The van der Waals surface area contributed by atoms with Crippen LogP contribution >= 0.6 is 15.9 Å². The topological polar surface area (TPSA) is 58.6 Å². The third-order valence-electron chi connectivity index (χ3n) is 6.26. The van der Waals surface area contributed by atoms with Gasteiger partial charge in [-0.15, -0.1) is 0 Å². The summed E-state index contributed by atoms with van der Waals surface area (Å²) in [7, 11) is 0. The molecule has 1 fully saturated rings. The number of ether oxygens (including phenoxy) is 1. The van der Waals surface area contributed by atoms with Crippen molar-refractivity contribution in [2.75, 3.05) is 16.8 Å². The second kappa shape index (κ2) is 11.5. The molecule has 0 radical (unpaired) electrons. The van der Waals surface area contributed by atoms with Gasteiger partial charge in [-0.2, -0.15) is 8.78 Å². The minimum atomic E-state index is -3.31. The van der Waals surface area contributed by atoms with E-state index in [1.54, 1.807) is 0 Å². The molecule has 0 atom stereocenters. The van der Waals surface area contributed by atoms with E-state index in [1.165, 1.54) is 32.0 Å². The molecule has 1 aliphatic carbocycles. The second-order valence-electron chi connectivity index (χ2n) is 9.76. The first-order valence-corrected chi connectivity index (χ1v) is 12.9. The summed E-state index contributed by atoms with van der Waals surface area (Å²) < 4.78 is 88.3. The summed E-state index contributed by atoms with van der Waals surface area (Å²) in [5.41, 5.74) is -3.30. The van der Waals surface area contributed by atoms with Gasteiger partial charge in [0, 0.05) is 16.6 Å². The molecule has 212 valence electrons. The van der Waals surface area contributed by atoms with Crippen molar-refractivity contribution >= 4 is 39.1 Å². The predicted molar refractivity (Wildman–Crippen MR) is 140 cm³/mol. The molecule has 0 heterocycles. The lowest BCUT2D eigenvalue weighted by Gasteiger charge is -2.24. The van der Waals surface area contributed by atoms with Crippen molar-refractivity contribution in [1.82, 2.24) is 0 Å². The molecule has 5 nitrogen and oxygen atoms in total. The lowest BCUT2D eigenvalue weighted by atomic mass is 9.99. The third kappa shape index (κ3) is 6.60. The van der Waals surface area contributed by atoms with Crippen LogP contribution in [0.25, 0.3) is 0 Å². The monoisotopic (exact) mass is 628 g/mol. The van der Waals surface area contributed by atoms with E-state index in [9.17, 15) is 31.5 Å². The van der Waals surface area contributed by atoms with Crippen LogP contribution in [-0.2, 0) is 5.67 Å². The molecule has 0 bridgehead atoms. The van der Waals surface area contributed by atoms with Crippen LogP contribution in [0.5, 0.6) is 5.75 Å². The highest BCUT2D eigenvalue weighted by Gasteiger charge is 2.32. The van der Waals surface area contributed by atoms with Gasteiger partial charge in [0.15, 0.2) is 23.2 Å². The first kappa shape index (κ1) is 29.4. The van der Waals surface area contributed by atoms with Gasteiger partial charge in [0.1, 0.15) is 5.67 Å². The average Bonchev–Trinajstić information content (AvgIpc) is 3.69. The summed E-state index contributed by atoms with van der Waals surface area (Å²) >= 11 is 3.12. The first-order valence-electron chi connectivity index (χ1n) is 12.1. The molecule has 0 aliphatic heterocycles. The number of nitrogens with zero attached hydrogens (tertiary/aromatic N) is 1. The molecule has 0 aromatic heterocycles. The quantitative estimate of drug-likeness (QED) is 0.244. The Morgan fingerprint density at radius 2 is 1.77 bits per heavy atom. The number of hydrogen-bond donors (Lipinski definition) is 1. The van der Waals surface area contributed by atoms with Gasteiger partial charge in [0.2, 0.25) is 0 Å². The lowest BCUT2D eigenvalue weighted by molar-refractivity contribution is -0.0495. The van der Waals surface area contributed by atoms with E-state index in [1.807, 2.05) is 0 Å². The number of alkyl halides is 3. The Morgan fingerprint density at radius 1 is 1.07 bits per heavy atom. The highest BCUT2D eigenvalue weighted by molar-refractivity contribution is 9.10. The average molecular weight is 629 g/mol. The number of anilines is 2. The van der Waals surface area contributed by atoms with Crippen LogP contribution in [0.1, 0.15) is 53.0 Å². The zero-order valence-electron chi connectivity index (χ0n) is 21.2. The summed E-state index contributed by atoms with van der Waals surface area (Å²) in [5, 5.41) is 2.31. The van der Waals surface area contributed by atoms with Crippen molar-refractivity contribution in [3.05, 3.63) is 87.1 Å². The standard InChI is InChI=1S/C28H23BrF6N2O3/c1-28(2,35)16-11-18(29)24(22(12-16)40-27(33)34)36-25(38)17-4-3-5-21(23(17)32)37(13-14-6-7-14)26(39)15-8-9-19(30)20(31)10-15/h3-5,8-12,14,27H,6-7,13H2,1-2H3,(H,36,38). The normalized spacial score (nSPS) is 13.3. The number of benzene rings is 3. The molecule has 40 heavy (non-hydrogen) atoms. The Morgan fingerprint density at radius 3 is 2.38 bits per heavy atom. The molecule has 1 saturated carbocycles. The van der Waals surface area contributed by atoms with Gasteiger partial charge in [-0.05, 0) is 96.6 Å². The first-order chi connectivity index (χ1) is 18.8. The predicted octanol–water partition coefficient (Wildman–Crippen LogP) is 7.98. The van der Waals surface area contributed by atoms with Gasteiger partial charge >= 0.3 is 6.61 Å². The molecule has 1 N–H and O–H groups in total. The molecular weight excluding hydrogens is 606 g/mol. The Bertz CT molecular complexity index is 1460. The second-order valence-corrected chi connectivity index (χ2v) is 10.6. The van der Waals surface area contributed by atoms with Crippen molar-refractivity contribution in [1.29, 1.82) is 0 Å². The molecule has 2 amide bonds. The number of nitrogens with one attached hydrogen (secondary N) is 1. The summed E-state index contributed by atoms with van der Waals surface area (Å²) in [6.45, 7) is -0.832. The fourth-order valence-corrected chi connectivity index (χ4v) is 4.49. The van der Waals surface area contributed by atoms with Gasteiger partial charge in [-0.1, -0.05) is 6.07 Å². The Labute approximate surface area is 234 Å². The molecule has 0 saturated heterocycles. The van der Waals surface area contributed by atoms with E-state index in [0.717, 1.165) is 42.0 Å². The van der Waals surface area contributed by atoms with E-state index in [0.29, 0.717) is 6.07 Å². The van der Waals surface area contributed by atoms with Crippen LogP contribution in [0.3, 0.4) is 0 Å². The molecule has 3 aromatic rings. The highest BCUT2D eigenvalue weighted by Crippen LogP contribution is 2.40. The molecule has 0 spiro atoms. The van der Waals surface area contributed by atoms with Crippen molar-refractivity contribution in [3.8, 4) is 5.75 Å². The Balaban J connectivity index is 1.70. The molecule has 12 heteroatoms. The van der Waals surface area contributed by atoms with Crippen LogP contribution < -0.4 is 15.0 Å². The zero-order valence-corrected chi connectivity index (χ0v) is 22.8. The molecule has 4 rings (SSSR count). The maximum Gasteiger partial charge on any atom is 0.387 e. The SMILES string of the molecule is CC(C)(F)c1cc(Br)c(NC(=O)c2cccc(N(CC3CC3)C(=O)c3ccc(F)c(F)c3)c2F)c(OC(F)F)c1. The largest absolute Gasteiger partial charge is 0.433 e. The van der Waals surface area contributed by atoms with E-state index in [4.69, 9.17) is 0 Å². The fraction of sp³-hybridized carbons (Fsp3) is 0.286. The number of hydrogen-bond acceptors (Lipinski definition) is 3. The van der Waals surface area contributed by atoms with E-state index < -0.39 is 52.9 Å². The zero-order chi connectivity index (χ0) is 29.4. The molecular formula is C28H23BrF6N2O3. The van der Waals surface area contributed by atoms with Crippen LogP contribution in [0.4, 0.5) is 37.7 Å². The van der Waals surface area contributed by atoms with Crippen molar-refractivity contribution in [2.24, 2.45) is 5.92 Å². The van der Waals surface area contributed by atoms with Gasteiger partial charge in [0.25, 0.3) is 11.8 Å². The van der Waals surface area contributed by atoms with Gasteiger partial charge in [-0.3, -0.25) is 9.59 Å². The van der Waals surface area contributed by atoms with E-state index in [-0.39, 0.29) is 39.4 Å². The summed E-state index contributed by atoms with van der Waals surface area (Å²) in [6.07, 6.45) is 1.55. The number of carbonyl (C=O) groups excluding carboxylic acids is 2. The van der Waals surface area contributed by atoms with Crippen molar-refractivity contribution in [2.45, 2.75) is 39.0 Å². The fourth-order valence-electron chi connectivity index (χ4n) is 3.95. The Kier molecular flexibility index (Phi) is 8.48. The number of carbonyl (C=O) groups is 2. The van der Waals surface area contributed by atoms with Gasteiger partial charge < -0.3 is 15.0 Å². The van der Waals surface area contributed by atoms with E-state index in [2.05, 4.69) is 26.0 Å². The maximum absolute atomic E-state index is 15.8. The smallest absolute Gasteiger partial charge is 0.387 e. The number of amides is 2. The third-order valence-corrected chi connectivity index (χ3v) is 6.88. The van der Waals surface area contributed by atoms with Crippen molar-refractivity contribution in [3.63, 3.8) is 0 Å². The lowest BCUT2D eigenvalue weighted by Crippen LogP contribution is -2.34. The van der Waals surface area contributed by atoms with Gasteiger partial charge in [0.05, 0.1) is 16.9 Å². The van der Waals surface area contributed by atoms with Crippen LogP contribution in [0.2, 0.25) is 0 Å². The molecule has 3 aromatic carbocycles. The number of rotatable bonds is 9. The van der Waals surface area contributed by atoms with Crippen LogP contribution in [-0.4, -0.2) is 25.0 Å².